The van der Waals surface area contributed by atoms with Crippen molar-refractivity contribution in [3.05, 3.63) is 71.0 Å². The molecule has 1 aromatic carbocycles. The molecular weight excluding hydrogens is 402 g/mol. The first-order chi connectivity index (χ1) is 11.7. The number of aromatic nitrogens is 2. The summed E-state index contributed by atoms with van der Waals surface area (Å²) in [6.07, 6.45) is 4.01. The number of nitrogens with zero attached hydrogens (tertiary/aromatic N) is 3. The molecule has 0 atom stereocenters. The largest absolute Gasteiger partial charge is 0.274 e. The maximum absolute atomic E-state index is 12.3. The van der Waals surface area contributed by atoms with Gasteiger partial charge in [0, 0.05) is 36.3 Å². The van der Waals surface area contributed by atoms with Crippen LogP contribution in [0.1, 0.15) is 26.4 Å². The smallest absolute Gasteiger partial charge is 0.261 e. The number of halogens is 1. The lowest BCUT2D eigenvalue weighted by molar-refractivity contribution is 0.0656. The average Bonchev–Trinajstić information content (AvgIpc) is 3.19. The summed E-state index contributed by atoms with van der Waals surface area (Å²) >= 11 is 1.55. The van der Waals surface area contributed by atoms with Crippen LogP contribution in [0.5, 0.6) is 0 Å². The fourth-order valence-corrected chi connectivity index (χ4v) is 3.58. The summed E-state index contributed by atoms with van der Waals surface area (Å²) in [7, 11) is 0. The molecular formula is C18H14BrN3O2S. The van der Waals surface area contributed by atoms with Crippen LogP contribution in [0, 0.1) is 0 Å². The van der Waals surface area contributed by atoms with Gasteiger partial charge in [-0.3, -0.25) is 19.5 Å². The second kappa shape index (κ2) is 7.25. The van der Waals surface area contributed by atoms with E-state index in [9.17, 15) is 9.59 Å². The third-order valence-electron chi connectivity index (χ3n) is 3.95. The van der Waals surface area contributed by atoms with Crippen LogP contribution < -0.4 is 0 Å². The second-order valence-electron chi connectivity index (χ2n) is 5.44. The highest BCUT2D eigenvalue weighted by molar-refractivity contribution is 8.93. The van der Waals surface area contributed by atoms with E-state index in [1.54, 1.807) is 48.0 Å². The maximum Gasteiger partial charge on any atom is 0.261 e. The molecule has 1 aliphatic rings. The van der Waals surface area contributed by atoms with Gasteiger partial charge in [0.2, 0.25) is 0 Å². The molecule has 4 rings (SSSR count). The van der Waals surface area contributed by atoms with Crippen LogP contribution in [-0.2, 0) is 6.42 Å². The number of hydrogen-bond acceptors (Lipinski definition) is 5. The van der Waals surface area contributed by atoms with Crippen molar-refractivity contribution in [3.63, 3.8) is 0 Å². The van der Waals surface area contributed by atoms with Crippen LogP contribution in [-0.4, -0.2) is 33.2 Å². The van der Waals surface area contributed by atoms with E-state index in [2.05, 4.69) is 9.97 Å². The van der Waals surface area contributed by atoms with Crippen molar-refractivity contribution in [3.8, 4) is 10.6 Å². The minimum atomic E-state index is -0.222. The molecule has 3 heterocycles. The Labute approximate surface area is 159 Å². The zero-order valence-corrected chi connectivity index (χ0v) is 15.6. The Hall–Kier alpha value is -2.38. The summed E-state index contributed by atoms with van der Waals surface area (Å²) in [4.78, 5) is 34.6. The van der Waals surface area contributed by atoms with Crippen LogP contribution in [0.3, 0.4) is 0 Å². The SMILES string of the molecule is Br.O=C1c2ccccc2C(=O)N1CCc1csc(-c2ccncc2)n1. The van der Waals surface area contributed by atoms with Gasteiger partial charge in [-0.2, -0.15) is 0 Å². The first-order valence-electron chi connectivity index (χ1n) is 7.54. The van der Waals surface area contributed by atoms with Gasteiger partial charge in [0.05, 0.1) is 16.8 Å². The van der Waals surface area contributed by atoms with Crippen LogP contribution in [0.4, 0.5) is 0 Å². The van der Waals surface area contributed by atoms with Gasteiger partial charge in [-0.05, 0) is 24.3 Å². The predicted octanol–water partition coefficient (Wildman–Crippen LogP) is 3.62. The van der Waals surface area contributed by atoms with Crippen LogP contribution >= 0.6 is 28.3 Å². The lowest BCUT2D eigenvalue weighted by Crippen LogP contribution is -2.31. The van der Waals surface area contributed by atoms with Gasteiger partial charge in [0.25, 0.3) is 11.8 Å². The number of amides is 2. The van der Waals surface area contributed by atoms with E-state index in [4.69, 9.17) is 0 Å². The van der Waals surface area contributed by atoms with E-state index in [0.717, 1.165) is 16.3 Å². The monoisotopic (exact) mass is 415 g/mol. The van der Waals surface area contributed by atoms with Gasteiger partial charge in [-0.1, -0.05) is 12.1 Å². The van der Waals surface area contributed by atoms with Gasteiger partial charge in [0.15, 0.2) is 0 Å². The highest BCUT2D eigenvalue weighted by Crippen LogP contribution is 2.25. The molecule has 3 aromatic rings. The molecule has 0 saturated carbocycles. The lowest BCUT2D eigenvalue weighted by atomic mass is 10.1. The van der Waals surface area contributed by atoms with Crippen molar-refractivity contribution >= 4 is 40.1 Å². The molecule has 25 heavy (non-hydrogen) atoms. The highest BCUT2D eigenvalue weighted by Gasteiger charge is 2.34. The molecule has 2 aromatic heterocycles. The van der Waals surface area contributed by atoms with Gasteiger partial charge < -0.3 is 0 Å². The molecule has 126 valence electrons. The molecule has 2 amide bonds. The Morgan fingerprint density at radius 3 is 2.24 bits per heavy atom. The summed E-state index contributed by atoms with van der Waals surface area (Å²) in [5.74, 6) is -0.444. The Morgan fingerprint density at radius 2 is 1.60 bits per heavy atom. The van der Waals surface area contributed by atoms with Crippen molar-refractivity contribution in [2.75, 3.05) is 6.54 Å². The number of rotatable bonds is 4. The lowest BCUT2D eigenvalue weighted by Gasteiger charge is -2.12. The van der Waals surface area contributed by atoms with Gasteiger partial charge in [0.1, 0.15) is 5.01 Å². The molecule has 0 saturated heterocycles. The quantitative estimate of drug-likeness (QED) is 0.610. The van der Waals surface area contributed by atoms with E-state index < -0.39 is 0 Å². The van der Waals surface area contributed by atoms with Gasteiger partial charge in [-0.25, -0.2) is 4.98 Å². The Balaban J connectivity index is 0.00000182. The first kappa shape index (κ1) is 17.4. The number of thiazole rings is 1. The number of pyridine rings is 1. The van der Waals surface area contributed by atoms with E-state index in [1.807, 2.05) is 17.5 Å². The number of fused-ring (bicyclic) bond motifs is 1. The summed E-state index contributed by atoms with van der Waals surface area (Å²) in [6.45, 7) is 0.339. The van der Waals surface area contributed by atoms with E-state index >= 15 is 0 Å². The minimum absolute atomic E-state index is 0. The third-order valence-corrected chi connectivity index (χ3v) is 4.89. The Kier molecular flexibility index (Phi) is 5.06. The molecule has 0 fully saturated rings. The fourth-order valence-electron chi connectivity index (χ4n) is 2.72. The minimum Gasteiger partial charge on any atom is -0.274 e. The normalized spacial score (nSPS) is 12.9. The van der Waals surface area contributed by atoms with Crippen LogP contribution in [0.25, 0.3) is 10.6 Å². The molecule has 1 aliphatic heterocycles. The van der Waals surface area contributed by atoms with E-state index in [-0.39, 0.29) is 28.8 Å². The standard InChI is InChI=1S/C18H13N3O2S.BrH/c22-17-14-3-1-2-4-15(14)18(23)21(17)10-7-13-11-24-16(20-13)12-5-8-19-9-6-12;/h1-6,8-9,11H,7,10H2;1H. The summed E-state index contributed by atoms with van der Waals surface area (Å²) in [5.41, 5.74) is 2.86. The van der Waals surface area contributed by atoms with Crippen LogP contribution in [0.15, 0.2) is 54.2 Å². The van der Waals surface area contributed by atoms with Crippen LogP contribution in [0.2, 0.25) is 0 Å². The summed E-state index contributed by atoms with van der Waals surface area (Å²) in [6, 6.07) is 10.8. The highest BCUT2D eigenvalue weighted by atomic mass is 79.9. The van der Waals surface area contributed by atoms with Crippen molar-refractivity contribution in [2.45, 2.75) is 6.42 Å². The molecule has 0 bridgehead atoms. The van der Waals surface area contributed by atoms with E-state index in [0.29, 0.717) is 24.1 Å². The molecule has 0 unspecified atom stereocenters. The molecule has 0 spiro atoms. The molecule has 0 N–H and O–H groups in total. The first-order valence-corrected chi connectivity index (χ1v) is 8.42. The predicted molar refractivity (Wildman–Crippen MR) is 101 cm³/mol. The van der Waals surface area contributed by atoms with Crippen molar-refractivity contribution in [2.24, 2.45) is 0 Å². The zero-order valence-electron chi connectivity index (χ0n) is 13.1. The third kappa shape index (κ3) is 3.25. The van der Waals surface area contributed by atoms with Crippen molar-refractivity contribution in [1.82, 2.24) is 14.9 Å². The number of hydrogen-bond donors (Lipinski definition) is 0. The number of carbonyl (C=O) groups is 2. The topological polar surface area (TPSA) is 63.2 Å². The fraction of sp³-hybridized carbons (Fsp3) is 0.111. The number of benzene rings is 1. The summed E-state index contributed by atoms with van der Waals surface area (Å²) in [5, 5.41) is 2.88. The number of carbonyl (C=O) groups excluding carboxylic acids is 2. The molecule has 7 heteroatoms. The molecule has 5 nitrogen and oxygen atoms in total. The van der Waals surface area contributed by atoms with Crippen molar-refractivity contribution < 1.29 is 9.59 Å². The Bertz CT molecular complexity index is 892. The molecule has 0 radical (unpaired) electrons. The van der Waals surface area contributed by atoms with Crippen molar-refractivity contribution in [1.29, 1.82) is 0 Å². The zero-order chi connectivity index (χ0) is 16.5. The van der Waals surface area contributed by atoms with Gasteiger partial charge >= 0.3 is 0 Å². The summed E-state index contributed by atoms with van der Waals surface area (Å²) < 4.78 is 0. The Morgan fingerprint density at radius 1 is 0.960 bits per heavy atom. The number of imide groups is 1. The maximum atomic E-state index is 12.3. The molecule has 0 aliphatic carbocycles. The average molecular weight is 416 g/mol. The second-order valence-corrected chi connectivity index (χ2v) is 6.30. The van der Waals surface area contributed by atoms with E-state index in [1.165, 1.54) is 4.90 Å². The van der Waals surface area contributed by atoms with Gasteiger partial charge in [-0.15, -0.1) is 28.3 Å².